The summed E-state index contributed by atoms with van der Waals surface area (Å²) in [6, 6.07) is 3.95. The van der Waals surface area contributed by atoms with E-state index in [2.05, 4.69) is 37.2 Å². The van der Waals surface area contributed by atoms with Crippen molar-refractivity contribution >= 4 is 59.3 Å². The molecule has 1 rings (SSSR count). The molecular weight excluding hydrogens is 811 g/mol. The van der Waals surface area contributed by atoms with E-state index in [1.807, 2.05) is 58.0 Å². The molecule has 19 heteroatoms. The molecule has 1 aromatic carbocycles. The van der Waals surface area contributed by atoms with Crippen molar-refractivity contribution in [1.29, 1.82) is 0 Å². The highest BCUT2D eigenvalue weighted by molar-refractivity contribution is 7.98. The molecule has 0 unspecified atom stereocenters. The van der Waals surface area contributed by atoms with Crippen molar-refractivity contribution in [2.24, 2.45) is 11.8 Å². The summed E-state index contributed by atoms with van der Waals surface area (Å²) >= 11 is 1.36. The number of ether oxygens (including phenoxy) is 2. The van der Waals surface area contributed by atoms with E-state index in [0.717, 1.165) is 5.56 Å². The average Bonchev–Trinajstić information content (AvgIpc) is 3.11. The van der Waals surface area contributed by atoms with Gasteiger partial charge < -0.3 is 52.2 Å². The molecule has 18 nitrogen and oxygen atoms in total. The summed E-state index contributed by atoms with van der Waals surface area (Å²) in [7, 11) is 1.20. The summed E-state index contributed by atoms with van der Waals surface area (Å²) in [5.74, 6) is -4.18. The molecule has 0 aliphatic heterocycles. The number of methoxy groups -OCH3 is 1. The van der Waals surface area contributed by atoms with Crippen LogP contribution in [0.2, 0.25) is 0 Å². The zero-order valence-corrected chi connectivity index (χ0v) is 39.1. The quantitative estimate of drug-likeness (QED) is 0.0829. The topological polar surface area (TPSA) is 271 Å². The molecule has 61 heavy (non-hydrogen) atoms. The molecule has 0 bridgehead atoms. The first-order valence-electron chi connectivity index (χ1n) is 20.1. The third-order valence-electron chi connectivity index (χ3n) is 8.71. The van der Waals surface area contributed by atoms with Crippen LogP contribution in [0.4, 0.5) is 4.79 Å². The molecule has 0 spiro atoms. The molecule has 1 aromatic rings. The molecule has 0 saturated carbocycles. The van der Waals surface area contributed by atoms with Crippen molar-refractivity contribution in [3.05, 3.63) is 35.9 Å². The second kappa shape index (κ2) is 25.1. The number of carbonyl (C=O) groups excluding carboxylic acids is 8. The smallest absolute Gasteiger partial charge is 0.408 e. The number of hydrogen-bond acceptors (Lipinski definition) is 11. The maximum absolute atomic E-state index is 13.9. The minimum Gasteiger partial charge on any atom is -0.467 e. The Morgan fingerprint density at radius 3 is 1.49 bits per heavy atom. The highest BCUT2D eigenvalue weighted by Gasteiger charge is 2.38. The molecule has 7 amide bonds. The Balaban J connectivity index is 0.0000360. The van der Waals surface area contributed by atoms with Crippen molar-refractivity contribution in [3.8, 4) is 0 Å². The van der Waals surface area contributed by atoms with Gasteiger partial charge in [0, 0.05) is 11.5 Å². The van der Waals surface area contributed by atoms with Crippen molar-refractivity contribution in [2.45, 2.75) is 155 Å². The summed E-state index contributed by atoms with van der Waals surface area (Å²) in [6.45, 7) is 21.2. The standard InChI is InChI=1S/C42H69N7O10S.H2O/c1-24(2)20-29(46-33(51)27(6)44-39(57)59-40(7,8)9)35(53)48-41(10,11)37(55)47-31(23-60-22-28-18-16-15-17-19-28)34(52)43-26(5)32(50)45-30(21-25(3)4)36(54)49-42(12,13)38(56)58-14;/h15-19,24-27,29-31H,20-23H2,1-14H3,(H,43,52)(H,44,57)(H,45,50)(H,46,51)(H,47,55)(H,48,53)(H,49,54);1H2/t26-,27-,29-,30-,31-;/m0./s1. The molecular formula is C42H71N7O11S. The van der Waals surface area contributed by atoms with Gasteiger partial charge in [-0.15, -0.1) is 0 Å². The lowest BCUT2D eigenvalue weighted by molar-refractivity contribution is -0.149. The van der Waals surface area contributed by atoms with Crippen molar-refractivity contribution in [2.75, 3.05) is 12.9 Å². The minimum absolute atomic E-state index is 0. The highest BCUT2D eigenvalue weighted by atomic mass is 32.2. The predicted octanol–water partition coefficient (Wildman–Crippen LogP) is 2.02. The van der Waals surface area contributed by atoms with Gasteiger partial charge in [-0.25, -0.2) is 9.59 Å². The Kier molecular flexibility index (Phi) is 23.1. The first-order chi connectivity index (χ1) is 27.6. The van der Waals surface area contributed by atoms with Crippen LogP contribution in [0.1, 0.15) is 108 Å². The minimum atomic E-state index is -1.60. The maximum atomic E-state index is 13.9. The van der Waals surface area contributed by atoms with Gasteiger partial charge in [0.25, 0.3) is 0 Å². The van der Waals surface area contributed by atoms with Crippen molar-refractivity contribution in [1.82, 2.24) is 37.2 Å². The molecule has 0 aliphatic rings. The Labute approximate surface area is 365 Å². The molecule has 0 aromatic heterocycles. The molecule has 0 heterocycles. The number of nitrogens with one attached hydrogen (secondary N) is 7. The number of carbonyl (C=O) groups is 8. The van der Waals surface area contributed by atoms with Gasteiger partial charge >= 0.3 is 12.1 Å². The van der Waals surface area contributed by atoms with Gasteiger partial charge in [-0.05, 0) is 92.6 Å². The summed E-state index contributed by atoms with van der Waals surface area (Å²) in [6.07, 6.45) is -0.366. The van der Waals surface area contributed by atoms with Crippen LogP contribution in [-0.2, 0) is 48.8 Å². The largest absolute Gasteiger partial charge is 0.467 e. The fraction of sp³-hybridized carbons (Fsp3) is 0.667. The number of esters is 1. The molecule has 0 aliphatic carbocycles. The molecule has 0 saturated heterocycles. The molecule has 0 fully saturated rings. The predicted molar refractivity (Wildman–Crippen MR) is 234 cm³/mol. The number of amides is 7. The summed E-state index contributed by atoms with van der Waals surface area (Å²) < 4.78 is 10.0. The van der Waals surface area contributed by atoms with Crippen LogP contribution in [0, 0.1) is 11.8 Å². The first-order valence-corrected chi connectivity index (χ1v) is 21.3. The molecule has 5 atom stereocenters. The van der Waals surface area contributed by atoms with Crippen LogP contribution in [0.5, 0.6) is 0 Å². The second-order valence-electron chi connectivity index (χ2n) is 17.7. The average molecular weight is 882 g/mol. The van der Waals surface area contributed by atoms with Crippen LogP contribution in [0.3, 0.4) is 0 Å². The fourth-order valence-electron chi connectivity index (χ4n) is 5.47. The van der Waals surface area contributed by atoms with Crippen LogP contribution in [0.15, 0.2) is 30.3 Å². The first kappa shape index (κ1) is 56.1. The van der Waals surface area contributed by atoms with Crippen LogP contribution < -0.4 is 37.2 Å². The van der Waals surface area contributed by atoms with Gasteiger partial charge in [0.05, 0.1) is 7.11 Å². The number of rotatable bonds is 22. The van der Waals surface area contributed by atoms with E-state index in [-0.39, 0.29) is 35.9 Å². The third kappa shape index (κ3) is 21.0. The normalized spacial score (nSPS) is 14.1. The summed E-state index contributed by atoms with van der Waals surface area (Å²) in [5, 5.41) is 18.4. The number of alkyl carbamates (subject to hydrolysis) is 1. The van der Waals surface area contributed by atoms with E-state index in [9.17, 15) is 38.4 Å². The van der Waals surface area contributed by atoms with E-state index in [0.29, 0.717) is 5.75 Å². The number of thioether (sulfide) groups is 1. The SMILES string of the molecule is COC(=O)C(C)(C)NC(=O)[C@H](CC(C)C)NC(=O)[C@H](C)NC(=O)[C@H](CSCc1ccccc1)NC(=O)C(C)(C)NC(=O)[C@H](CC(C)C)NC(=O)[C@H](C)NC(=O)OC(C)(C)C.O. The van der Waals surface area contributed by atoms with Gasteiger partial charge in [0.15, 0.2) is 0 Å². The van der Waals surface area contributed by atoms with E-state index in [1.165, 1.54) is 60.4 Å². The van der Waals surface area contributed by atoms with Crippen LogP contribution >= 0.6 is 11.8 Å². The second-order valence-corrected chi connectivity index (χ2v) is 18.8. The third-order valence-corrected chi connectivity index (χ3v) is 9.82. The fourth-order valence-corrected chi connectivity index (χ4v) is 6.49. The lowest BCUT2D eigenvalue weighted by atomic mass is 9.99. The molecule has 9 N–H and O–H groups in total. The van der Waals surface area contributed by atoms with E-state index in [1.54, 1.807) is 20.8 Å². The zero-order chi connectivity index (χ0) is 46.2. The Hall–Kier alpha value is -4.91. The number of hydrogen-bond donors (Lipinski definition) is 7. The van der Waals surface area contributed by atoms with Gasteiger partial charge in [-0.2, -0.15) is 11.8 Å². The highest BCUT2D eigenvalue weighted by Crippen LogP contribution is 2.16. The van der Waals surface area contributed by atoms with Gasteiger partial charge in [-0.1, -0.05) is 58.0 Å². The number of benzene rings is 1. The Bertz CT molecular complexity index is 1650. The van der Waals surface area contributed by atoms with Gasteiger partial charge in [0.2, 0.25) is 35.4 Å². The van der Waals surface area contributed by atoms with Crippen molar-refractivity contribution in [3.63, 3.8) is 0 Å². The van der Waals surface area contributed by atoms with E-state index < -0.39 is 94.4 Å². The maximum Gasteiger partial charge on any atom is 0.408 e. The summed E-state index contributed by atoms with van der Waals surface area (Å²) in [5.41, 5.74) is -2.78. The molecule has 0 radical (unpaired) electrons. The summed E-state index contributed by atoms with van der Waals surface area (Å²) in [4.78, 5) is 106. The van der Waals surface area contributed by atoms with Crippen LogP contribution in [0.25, 0.3) is 0 Å². The zero-order valence-electron chi connectivity index (χ0n) is 38.2. The van der Waals surface area contributed by atoms with Crippen LogP contribution in [-0.4, -0.2) is 113 Å². The molecule has 346 valence electrons. The lowest BCUT2D eigenvalue weighted by Gasteiger charge is -2.31. The monoisotopic (exact) mass is 881 g/mol. The lowest BCUT2D eigenvalue weighted by Crippen LogP contribution is -2.63. The van der Waals surface area contributed by atoms with E-state index >= 15 is 0 Å². The van der Waals surface area contributed by atoms with Gasteiger partial charge in [0.1, 0.15) is 46.9 Å². The van der Waals surface area contributed by atoms with E-state index in [4.69, 9.17) is 9.47 Å². The van der Waals surface area contributed by atoms with Crippen molar-refractivity contribution < 1.29 is 53.3 Å². The van der Waals surface area contributed by atoms with Gasteiger partial charge in [-0.3, -0.25) is 28.8 Å². The Morgan fingerprint density at radius 2 is 1.05 bits per heavy atom. The Morgan fingerprint density at radius 1 is 0.590 bits per heavy atom.